The minimum Gasteiger partial charge on any atom is -0.461 e. The first-order valence-corrected chi connectivity index (χ1v) is 8.50. The van der Waals surface area contributed by atoms with Crippen LogP contribution in [0.5, 0.6) is 6.01 Å². The number of hydrogen-bond donors (Lipinski definition) is 1. The van der Waals surface area contributed by atoms with Gasteiger partial charge in [-0.05, 0) is 26.8 Å². The van der Waals surface area contributed by atoms with Crippen molar-refractivity contribution in [1.82, 2.24) is 14.9 Å². The summed E-state index contributed by atoms with van der Waals surface area (Å²) < 4.78 is 11.2. The molecule has 9 heteroatoms. The highest BCUT2D eigenvalue weighted by Gasteiger charge is 2.28. The van der Waals surface area contributed by atoms with Gasteiger partial charge in [0.25, 0.3) is 11.7 Å². The first kappa shape index (κ1) is 18.0. The number of benzene rings is 1. The minimum atomic E-state index is -0.513. The summed E-state index contributed by atoms with van der Waals surface area (Å²) >= 11 is 0. The molecule has 0 saturated carbocycles. The molecule has 0 unspecified atom stereocenters. The van der Waals surface area contributed by atoms with Gasteiger partial charge in [0.05, 0.1) is 16.0 Å². The van der Waals surface area contributed by atoms with E-state index in [9.17, 15) is 14.9 Å². The number of aromatic nitrogens is 2. The summed E-state index contributed by atoms with van der Waals surface area (Å²) in [6.45, 7) is 6.61. The van der Waals surface area contributed by atoms with Crippen LogP contribution in [0.2, 0.25) is 0 Å². The number of hydrogen-bond acceptors (Lipinski definition) is 6. The maximum absolute atomic E-state index is 12.1. The largest absolute Gasteiger partial charge is 0.461 e. The quantitative estimate of drug-likeness (QED) is 0.663. The van der Waals surface area contributed by atoms with Crippen LogP contribution in [0.4, 0.5) is 10.5 Å². The fourth-order valence-electron chi connectivity index (χ4n) is 2.78. The van der Waals surface area contributed by atoms with Gasteiger partial charge in [-0.2, -0.15) is 4.98 Å². The maximum Gasteiger partial charge on any atom is 0.410 e. The number of amides is 1. The lowest BCUT2D eigenvalue weighted by Gasteiger charge is -2.33. The number of imidazole rings is 1. The molecule has 1 fully saturated rings. The predicted molar refractivity (Wildman–Crippen MR) is 94.2 cm³/mol. The molecule has 2 heterocycles. The highest BCUT2D eigenvalue weighted by Crippen LogP contribution is 2.24. The third kappa shape index (κ3) is 4.22. The molecule has 0 bridgehead atoms. The zero-order valence-corrected chi connectivity index (χ0v) is 15.0. The Labute approximate surface area is 150 Å². The highest BCUT2D eigenvalue weighted by molar-refractivity contribution is 5.78. The molecule has 2 aromatic rings. The van der Waals surface area contributed by atoms with Gasteiger partial charge >= 0.3 is 6.09 Å². The van der Waals surface area contributed by atoms with E-state index in [0.717, 1.165) is 0 Å². The molecule has 0 spiro atoms. The van der Waals surface area contributed by atoms with E-state index in [1.807, 2.05) is 20.8 Å². The van der Waals surface area contributed by atoms with Gasteiger partial charge in [0.15, 0.2) is 0 Å². The smallest absolute Gasteiger partial charge is 0.410 e. The first-order chi connectivity index (χ1) is 12.2. The number of rotatable bonds is 3. The molecule has 1 aromatic carbocycles. The Kier molecular flexibility index (Phi) is 4.71. The molecule has 9 nitrogen and oxygen atoms in total. The molecule has 0 radical (unpaired) electrons. The van der Waals surface area contributed by atoms with Crippen molar-refractivity contribution in [1.29, 1.82) is 0 Å². The number of nitro benzene ring substituents is 1. The number of H-pyrrole nitrogens is 1. The van der Waals surface area contributed by atoms with Crippen molar-refractivity contribution in [3.63, 3.8) is 0 Å². The Morgan fingerprint density at radius 1 is 1.35 bits per heavy atom. The summed E-state index contributed by atoms with van der Waals surface area (Å²) in [7, 11) is 0. The van der Waals surface area contributed by atoms with Gasteiger partial charge in [-0.1, -0.05) is 0 Å². The van der Waals surface area contributed by atoms with E-state index < -0.39 is 10.5 Å². The summed E-state index contributed by atoms with van der Waals surface area (Å²) in [4.78, 5) is 31.4. The second-order valence-corrected chi connectivity index (χ2v) is 7.29. The van der Waals surface area contributed by atoms with Gasteiger partial charge in [-0.15, -0.1) is 0 Å². The number of aromatic amines is 1. The second kappa shape index (κ2) is 6.81. The first-order valence-electron chi connectivity index (χ1n) is 8.50. The summed E-state index contributed by atoms with van der Waals surface area (Å²) in [6.07, 6.45) is 0.934. The zero-order chi connectivity index (χ0) is 18.9. The molecule has 1 aromatic heterocycles. The van der Waals surface area contributed by atoms with Gasteiger partial charge in [-0.25, -0.2) is 4.79 Å². The average Bonchev–Trinajstić information content (AvgIpc) is 2.95. The molecule has 1 amide bonds. The SMILES string of the molecule is CC(C)(C)OC(=O)N1CCC(Oc2nc3ccc([N+](=O)[O-])cc3[nH]2)CC1. The predicted octanol–water partition coefficient (Wildman–Crippen LogP) is 3.25. The number of ether oxygens (including phenoxy) is 2. The van der Waals surface area contributed by atoms with Gasteiger partial charge in [0, 0.05) is 38.1 Å². The van der Waals surface area contributed by atoms with Crippen LogP contribution in [0.3, 0.4) is 0 Å². The van der Waals surface area contributed by atoms with Crippen molar-refractivity contribution in [2.45, 2.75) is 45.3 Å². The van der Waals surface area contributed by atoms with Gasteiger partial charge in [0.1, 0.15) is 11.7 Å². The van der Waals surface area contributed by atoms with Crippen molar-refractivity contribution < 1.29 is 19.2 Å². The summed E-state index contributed by atoms with van der Waals surface area (Å²) in [5.74, 6) is 0. The van der Waals surface area contributed by atoms with Crippen molar-refractivity contribution in [2.24, 2.45) is 0 Å². The lowest BCUT2D eigenvalue weighted by Crippen LogP contribution is -2.44. The molecular weight excluding hydrogens is 340 g/mol. The van der Waals surface area contributed by atoms with Crippen LogP contribution in [0.1, 0.15) is 33.6 Å². The van der Waals surface area contributed by atoms with Crippen molar-refractivity contribution >= 4 is 22.8 Å². The third-order valence-electron chi connectivity index (χ3n) is 4.03. The molecular formula is C17H22N4O5. The van der Waals surface area contributed by atoms with Crippen LogP contribution in [-0.2, 0) is 4.74 Å². The maximum atomic E-state index is 12.1. The Hall–Kier alpha value is -2.84. The van der Waals surface area contributed by atoms with E-state index in [4.69, 9.17) is 9.47 Å². The lowest BCUT2D eigenvalue weighted by molar-refractivity contribution is -0.384. The van der Waals surface area contributed by atoms with E-state index in [2.05, 4.69) is 9.97 Å². The number of fused-ring (bicyclic) bond motifs is 1. The van der Waals surface area contributed by atoms with Crippen LogP contribution in [0.25, 0.3) is 11.0 Å². The Balaban J connectivity index is 1.58. The monoisotopic (exact) mass is 362 g/mol. The van der Waals surface area contributed by atoms with Crippen molar-refractivity contribution in [3.05, 3.63) is 28.3 Å². The van der Waals surface area contributed by atoms with Gasteiger partial charge < -0.3 is 19.4 Å². The van der Waals surface area contributed by atoms with Crippen LogP contribution >= 0.6 is 0 Å². The van der Waals surface area contributed by atoms with Crippen molar-refractivity contribution in [3.8, 4) is 6.01 Å². The van der Waals surface area contributed by atoms with Gasteiger partial charge in [-0.3, -0.25) is 10.1 Å². The Bertz CT molecular complexity index is 818. The molecule has 3 rings (SSSR count). The minimum absolute atomic E-state index is 0.00151. The van der Waals surface area contributed by atoms with E-state index in [-0.39, 0.29) is 17.9 Å². The molecule has 1 saturated heterocycles. The average molecular weight is 362 g/mol. The van der Waals surface area contributed by atoms with Crippen LogP contribution in [0, 0.1) is 10.1 Å². The molecule has 140 valence electrons. The molecule has 1 aliphatic rings. The molecule has 0 aliphatic carbocycles. The van der Waals surface area contributed by atoms with Crippen LogP contribution < -0.4 is 4.74 Å². The molecule has 1 aliphatic heterocycles. The molecule has 1 N–H and O–H groups in total. The van der Waals surface area contributed by atoms with E-state index in [1.165, 1.54) is 12.1 Å². The molecule has 26 heavy (non-hydrogen) atoms. The van der Waals surface area contributed by atoms with E-state index in [0.29, 0.717) is 43.0 Å². The lowest BCUT2D eigenvalue weighted by atomic mass is 10.1. The normalized spacial score (nSPS) is 15.9. The number of non-ortho nitro benzene ring substituents is 1. The van der Waals surface area contributed by atoms with E-state index in [1.54, 1.807) is 11.0 Å². The number of likely N-dealkylation sites (tertiary alicyclic amines) is 1. The number of nitrogens with one attached hydrogen (secondary N) is 1. The summed E-state index contributed by atoms with van der Waals surface area (Å²) in [5.41, 5.74) is 0.650. The number of carbonyl (C=O) groups excluding carboxylic acids is 1. The standard InChI is InChI=1S/C17H22N4O5/c1-17(2,3)26-16(22)20-8-6-12(7-9-20)25-15-18-13-5-4-11(21(23)24)10-14(13)19-15/h4-5,10,12H,6-9H2,1-3H3,(H,18,19). The zero-order valence-electron chi connectivity index (χ0n) is 15.0. The second-order valence-electron chi connectivity index (χ2n) is 7.29. The van der Waals surface area contributed by atoms with Crippen LogP contribution in [-0.4, -0.2) is 50.7 Å². The van der Waals surface area contributed by atoms with E-state index >= 15 is 0 Å². The number of nitro groups is 1. The topological polar surface area (TPSA) is 111 Å². The fourth-order valence-corrected chi connectivity index (χ4v) is 2.78. The third-order valence-corrected chi connectivity index (χ3v) is 4.03. The summed E-state index contributed by atoms with van der Waals surface area (Å²) in [6, 6.07) is 4.75. The number of piperidine rings is 1. The van der Waals surface area contributed by atoms with Crippen molar-refractivity contribution in [2.75, 3.05) is 13.1 Å². The summed E-state index contributed by atoms with van der Waals surface area (Å²) in [5, 5.41) is 10.8. The molecule has 0 atom stereocenters. The Morgan fingerprint density at radius 2 is 2.04 bits per heavy atom. The Morgan fingerprint density at radius 3 is 2.65 bits per heavy atom. The van der Waals surface area contributed by atoms with Crippen LogP contribution in [0.15, 0.2) is 18.2 Å². The number of nitrogens with zero attached hydrogens (tertiary/aromatic N) is 3. The highest BCUT2D eigenvalue weighted by atomic mass is 16.6. The van der Waals surface area contributed by atoms with Gasteiger partial charge in [0.2, 0.25) is 0 Å². The number of carbonyl (C=O) groups is 1. The fraction of sp³-hybridized carbons (Fsp3) is 0.529.